The van der Waals surface area contributed by atoms with Crippen LogP contribution in [0.25, 0.3) is 0 Å². The number of morpholine rings is 1. The van der Waals surface area contributed by atoms with Crippen molar-refractivity contribution in [2.24, 2.45) is 0 Å². The van der Waals surface area contributed by atoms with E-state index in [0.717, 1.165) is 13.1 Å². The van der Waals surface area contributed by atoms with Crippen molar-refractivity contribution < 1.29 is 4.74 Å². The van der Waals surface area contributed by atoms with Crippen molar-refractivity contribution in [2.45, 2.75) is 18.6 Å². The summed E-state index contributed by atoms with van der Waals surface area (Å²) in [5, 5.41) is 0. The first-order valence-corrected chi connectivity index (χ1v) is 3.18. The van der Waals surface area contributed by atoms with Gasteiger partial charge in [-0.2, -0.15) is 0 Å². The molecule has 0 N–H and O–H groups in total. The molecule has 2 atom stereocenters. The van der Waals surface area contributed by atoms with Gasteiger partial charge < -0.3 is 9.64 Å². The van der Waals surface area contributed by atoms with Crippen LogP contribution in [0.4, 0.5) is 0 Å². The fraction of sp³-hybridized carbons (Fsp3) is 1.00. The fourth-order valence-corrected chi connectivity index (χ4v) is 1.56. The smallest absolute Gasteiger partial charge is 0.0731 e. The van der Waals surface area contributed by atoms with Crippen LogP contribution in [0.2, 0.25) is 0 Å². The van der Waals surface area contributed by atoms with Gasteiger partial charge in [-0.15, -0.1) is 0 Å². The third kappa shape index (κ3) is 0.565. The molecule has 3 rings (SSSR count). The Hall–Kier alpha value is -0.0800. The number of fused-ring (bicyclic) bond motifs is 2. The first-order valence-electron chi connectivity index (χ1n) is 3.18. The number of hydrogen-bond acceptors (Lipinski definition) is 2. The first-order chi connectivity index (χ1) is 3.84. The van der Waals surface area contributed by atoms with E-state index < -0.39 is 0 Å². The molecule has 0 aromatic heterocycles. The molecule has 3 heterocycles. The molecule has 2 nitrogen and oxygen atoms in total. The van der Waals surface area contributed by atoms with Crippen molar-refractivity contribution in [1.82, 2.24) is 4.90 Å². The maximum absolute atomic E-state index is 5.40. The highest BCUT2D eigenvalue weighted by molar-refractivity contribution is 4.87. The van der Waals surface area contributed by atoms with Gasteiger partial charge in [0.2, 0.25) is 0 Å². The second-order valence-corrected chi connectivity index (χ2v) is 2.84. The second-order valence-electron chi connectivity index (χ2n) is 2.84. The van der Waals surface area contributed by atoms with Crippen LogP contribution in [0.3, 0.4) is 0 Å². The highest BCUT2D eigenvalue weighted by Gasteiger charge is 2.36. The molecule has 0 aliphatic carbocycles. The van der Waals surface area contributed by atoms with Crippen LogP contribution in [0.1, 0.15) is 6.42 Å². The summed E-state index contributed by atoms with van der Waals surface area (Å²) in [7, 11) is 2.15. The lowest BCUT2D eigenvalue weighted by Gasteiger charge is -2.45. The lowest BCUT2D eigenvalue weighted by atomic mass is 10.00. The standard InChI is InChI=1S/C6H11NO/c1-7-3-5-2-6(4-7)8-5/h5-6H,2-4H2,1H3/t5-,6?/m1/s1. The van der Waals surface area contributed by atoms with Crippen molar-refractivity contribution in [1.29, 1.82) is 0 Å². The van der Waals surface area contributed by atoms with Gasteiger partial charge in [0.05, 0.1) is 12.2 Å². The molecule has 0 saturated carbocycles. The van der Waals surface area contributed by atoms with E-state index in [9.17, 15) is 0 Å². The van der Waals surface area contributed by atoms with Crippen LogP contribution < -0.4 is 0 Å². The summed E-state index contributed by atoms with van der Waals surface area (Å²) in [6.07, 6.45) is 2.47. The fourth-order valence-electron chi connectivity index (χ4n) is 1.56. The van der Waals surface area contributed by atoms with E-state index in [1.807, 2.05) is 0 Å². The van der Waals surface area contributed by atoms with Crippen LogP contribution in [0.15, 0.2) is 0 Å². The largest absolute Gasteiger partial charge is 0.372 e. The Bertz CT molecular complexity index is 88.7. The summed E-state index contributed by atoms with van der Waals surface area (Å²) < 4.78 is 5.40. The van der Waals surface area contributed by atoms with Crippen LogP contribution in [0, 0.1) is 0 Å². The van der Waals surface area contributed by atoms with E-state index in [1.54, 1.807) is 0 Å². The average Bonchev–Trinajstić information content (AvgIpc) is 1.62. The van der Waals surface area contributed by atoms with E-state index in [4.69, 9.17) is 4.74 Å². The van der Waals surface area contributed by atoms with Gasteiger partial charge in [0, 0.05) is 19.5 Å². The molecule has 0 spiro atoms. The molecule has 0 aromatic rings. The highest BCUT2D eigenvalue weighted by atomic mass is 16.5. The van der Waals surface area contributed by atoms with Gasteiger partial charge in [0.25, 0.3) is 0 Å². The molecule has 3 aliphatic heterocycles. The molecule has 46 valence electrons. The maximum atomic E-state index is 5.40. The minimum Gasteiger partial charge on any atom is -0.372 e. The molecular weight excluding hydrogens is 102 g/mol. The average molecular weight is 113 g/mol. The van der Waals surface area contributed by atoms with Crippen molar-refractivity contribution in [3.05, 3.63) is 0 Å². The number of hydrogen-bond donors (Lipinski definition) is 0. The molecule has 0 aromatic carbocycles. The summed E-state index contributed by atoms with van der Waals surface area (Å²) in [5.41, 5.74) is 0. The number of piperidine rings is 1. The Kier molecular flexibility index (Phi) is 0.866. The van der Waals surface area contributed by atoms with E-state index >= 15 is 0 Å². The third-order valence-corrected chi connectivity index (χ3v) is 1.94. The summed E-state index contributed by atoms with van der Waals surface area (Å²) in [4.78, 5) is 2.34. The molecule has 2 heteroatoms. The normalized spacial score (nSPS) is 46.1. The second kappa shape index (κ2) is 1.45. The SMILES string of the molecule is CN1CC2C[C@H](C1)O2. The summed E-state index contributed by atoms with van der Waals surface area (Å²) in [5.74, 6) is 0. The van der Waals surface area contributed by atoms with Crippen molar-refractivity contribution >= 4 is 0 Å². The molecular formula is C6H11NO. The minimum absolute atomic E-state index is 0.582. The lowest BCUT2D eigenvalue weighted by molar-refractivity contribution is -0.175. The zero-order valence-electron chi connectivity index (χ0n) is 5.13. The Labute approximate surface area is 49.4 Å². The Morgan fingerprint density at radius 3 is 2.12 bits per heavy atom. The zero-order valence-corrected chi connectivity index (χ0v) is 5.13. The van der Waals surface area contributed by atoms with Crippen molar-refractivity contribution in [3.63, 3.8) is 0 Å². The number of nitrogens with zero attached hydrogens (tertiary/aromatic N) is 1. The molecule has 0 amide bonds. The molecule has 3 saturated heterocycles. The Morgan fingerprint density at radius 2 is 1.88 bits per heavy atom. The monoisotopic (exact) mass is 113 g/mol. The van der Waals surface area contributed by atoms with Crippen molar-refractivity contribution in [3.8, 4) is 0 Å². The van der Waals surface area contributed by atoms with Crippen molar-refractivity contribution in [2.75, 3.05) is 20.1 Å². The third-order valence-electron chi connectivity index (χ3n) is 1.94. The predicted molar refractivity (Wildman–Crippen MR) is 30.8 cm³/mol. The number of ether oxygens (including phenoxy) is 1. The number of likely N-dealkylation sites (N-methyl/N-ethyl adjacent to an activating group) is 1. The maximum Gasteiger partial charge on any atom is 0.0731 e. The highest BCUT2D eigenvalue weighted by Crippen LogP contribution is 2.26. The summed E-state index contributed by atoms with van der Waals surface area (Å²) >= 11 is 0. The lowest BCUT2D eigenvalue weighted by Crippen LogP contribution is -2.55. The van der Waals surface area contributed by atoms with E-state index in [-0.39, 0.29) is 0 Å². The predicted octanol–water partition coefficient (Wildman–Crippen LogP) is 0.0893. The van der Waals surface area contributed by atoms with Crippen LogP contribution in [0.5, 0.6) is 0 Å². The van der Waals surface area contributed by atoms with E-state index in [2.05, 4.69) is 11.9 Å². The van der Waals surface area contributed by atoms with Gasteiger partial charge in [-0.05, 0) is 7.05 Å². The van der Waals surface area contributed by atoms with Crippen LogP contribution in [-0.2, 0) is 4.74 Å². The van der Waals surface area contributed by atoms with Gasteiger partial charge in [-0.1, -0.05) is 0 Å². The number of rotatable bonds is 0. The zero-order chi connectivity index (χ0) is 5.56. The molecule has 3 aliphatic rings. The topological polar surface area (TPSA) is 12.5 Å². The van der Waals surface area contributed by atoms with E-state index in [0.29, 0.717) is 12.2 Å². The molecule has 3 fully saturated rings. The first kappa shape index (κ1) is 4.77. The minimum atomic E-state index is 0.582. The molecule has 1 unspecified atom stereocenters. The van der Waals surface area contributed by atoms with Gasteiger partial charge >= 0.3 is 0 Å². The van der Waals surface area contributed by atoms with Gasteiger partial charge in [0.15, 0.2) is 0 Å². The van der Waals surface area contributed by atoms with Crippen LogP contribution >= 0.6 is 0 Å². The summed E-state index contributed by atoms with van der Waals surface area (Å²) in [6, 6.07) is 0. The Morgan fingerprint density at radius 1 is 1.38 bits per heavy atom. The quantitative estimate of drug-likeness (QED) is 0.441. The van der Waals surface area contributed by atoms with Gasteiger partial charge in [-0.3, -0.25) is 0 Å². The molecule has 2 bridgehead atoms. The van der Waals surface area contributed by atoms with Gasteiger partial charge in [-0.25, -0.2) is 0 Å². The van der Waals surface area contributed by atoms with Gasteiger partial charge in [0.1, 0.15) is 0 Å². The molecule has 0 radical (unpaired) electrons. The molecule has 8 heavy (non-hydrogen) atoms. The van der Waals surface area contributed by atoms with E-state index in [1.165, 1.54) is 6.42 Å². The van der Waals surface area contributed by atoms with Crippen LogP contribution in [-0.4, -0.2) is 37.2 Å². The summed E-state index contributed by atoms with van der Waals surface area (Å²) in [6.45, 7) is 2.30. The Balaban J connectivity index is 1.97.